The molecule has 0 unspecified atom stereocenters. The van der Waals surface area contributed by atoms with Crippen LogP contribution in [0.1, 0.15) is 49.1 Å². The smallest absolute Gasteiger partial charge is 0.407 e. The van der Waals surface area contributed by atoms with Crippen LogP contribution in [-0.4, -0.2) is 53.7 Å². The van der Waals surface area contributed by atoms with E-state index in [1.54, 1.807) is 0 Å². The maximum absolute atomic E-state index is 12.4. The summed E-state index contributed by atoms with van der Waals surface area (Å²) in [5.41, 5.74) is 4.48. The summed E-state index contributed by atoms with van der Waals surface area (Å²) in [6.07, 6.45) is 2.36. The lowest BCUT2D eigenvalue weighted by Gasteiger charge is -2.18. The quantitative estimate of drug-likeness (QED) is 0.584. The van der Waals surface area contributed by atoms with Crippen molar-refractivity contribution in [2.24, 2.45) is 0 Å². The van der Waals surface area contributed by atoms with Gasteiger partial charge < -0.3 is 20.1 Å². The van der Waals surface area contributed by atoms with Gasteiger partial charge in [0.2, 0.25) is 5.91 Å². The minimum atomic E-state index is -1.09. The van der Waals surface area contributed by atoms with E-state index in [2.05, 4.69) is 17.4 Å². The highest BCUT2D eigenvalue weighted by atomic mass is 16.5. The first-order valence-electron chi connectivity index (χ1n) is 11.2. The van der Waals surface area contributed by atoms with Gasteiger partial charge in [-0.05, 0) is 47.9 Å². The van der Waals surface area contributed by atoms with Crippen molar-refractivity contribution in [3.05, 3.63) is 59.7 Å². The number of ether oxygens (including phenoxy) is 1. The van der Waals surface area contributed by atoms with Crippen molar-refractivity contribution in [1.29, 1.82) is 0 Å². The maximum atomic E-state index is 12.4. The summed E-state index contributed by atoms with van der Waals surface area (Å²) in [5, 5.41) is 12.0. The molecule has 0 aromatic heterocycles. The fourth-order valence-corrected chi connectivity index (χ4v) is 4.63. The first-order valence-corrected chi connectivity index (χ1v) is 11.2. The van der Waals surface area contributed by atoms with Crippen LogP contribution in [0.4, 0.5) is 4.79 Å². The number of fused-ring (bicyclic) bond motifs is 3. The van der Waals surface area contributed by atoms with Gasteiger partial charge in [0.05, 0.1) is 0 Å². The van der Waals surface area contributed by atoms with Gasteiger partial charge in [0.15, 0.2) is 0 Å². The molecule has 2 aromatic carbocycles. The Bertz CT molecular complexity index is 960. The number of rotatable bonds is 9. The third-order valence-electron chi connectivity index (χ3n) is 6.28. The van der Waals surface area contributed by atoms with Crippen molar-refractivity contribution in [2.45, 2.75) is 44.1 Å². The van der Waals surface area contributed by atoms with E-state index < -0.39 is 18.1 Å². The molecule has 4 rings (SSSR count). The van der Waals surface area contributed by atoms with Crippen LogP contribution in [0.25, 0.3) is 11.1 Å². The third kappa shape index (κ3) is 4.77. The number of hydrogen-bond donors (Lipinski definition) is 2. The van der Waals surface area contributed by atoms with E-state index in [0.29, 0.717) is 32.2 Å². The molecular formula is C25H28N2O5. The predicted molar refractivity (Wildman–Crippen MR) is 119 cm³/mol. The van der Waals surface area contributed by atoms with E-state index in [4.69, 9.17) is 4.74 Å². The zero-order valence-corrected chi connectivity index (χ0v) is 18.0. The van der Waals surface area contributed by atoms with Crippen LogP contribution < -0.4 is 5.32 Å². The minimum Gasteiger partial charge on any atom is -0.480 e. The molecule has 0 radical (unpaired) electrons. The third-order valence-corrected chi connectivity index (χ3v) is 6.28. The second kappa shape index (κ2) is 9.85. The molecule has 1 aliphatic carbocycles. The molecule has 32 heavy (non-hydrogen) atoms. The molecule has 168 valence electrons. The Balaban J connectivity index is 1.28. The number of likely N-dealkylation sites (tertiary alicyclic amines) is 1. The summed E-state index contributed by atoms with van der Waals surface area (Å²) in [6, 6.07) is 15.1. The summed E-state index contributed by atoms with van der Waals surface area (Å²) < 4.78 is 5.46. The highest BCUT2D eigenvalue weighted by Crippen LogP contribution is 2.44. The number of benzene rings is 2. The second-order valence-corrected chi connectivity index (χ2v) is 8.34. The summed E-state index contributed by atoms with van der Waals surface area (Å²) in [7, 11) is 0. The maximum Gasteiger partial charge on any atom is 0.407 e. The first-order chi connectivity index (χ1) is 15.5. The number of aliphatic carboxylic acids is 1. The van der Waals surface area contributed by atoms with Crippen LogP contribution in [0, 0.1) is 0 Å². The zero-order chi connectivity index (χ0) is 22.5. The van der Waals surface area contributed by atoms with Gasteiger partial charge in [-0.3, -0.25) is 4.79 Å². The van der Waals surface area contributed by atoms with Crippen LogP contribution in [-0.2, 0) is 14.3 Å². The van der Waals surface area contributed by atoms with E-state index in [9.17, 15) is 19.5 Å². The Hall–Kier alpha value is -3.35. The predicted octanol–water partition coefficient (Wildman–Crippen LogP) is 3.77. The van der Waals surface area contributed by atoms with Gasteiger partial charge in [0, 0.05) is 25.4 Å². The van der Waals surface area contributed by atoms with Crippen LogP contribution in [0.15, 0.2) is 48.5 Å². The fraction of sp³-hybridized carbons (Fsp3) is 0.400. The number of nitrogens with zero attached hydrogens (tertiary/aromatic N) is 1. The van der Waals surface area contributed by atoms with Crippen LogP contribution in [0.5, 0.6) is 0 Å². The van der Waals surface area contributed by atoms with Gasteiger partial charge in [-0.15, -0.1) is 0 Å². The fourth-order valence-electron chi connectivity index (χ4n) is 4.63. The van der Waals surface area contributed by atoms with Crippen molar-refractivity contribution in [3.63, 3.8) is 0 Å². The van der Waals surface area contributed by atoms with Gasteiger partial charge in [0.1, 0.15) is 12.6 Å². The number of hydrogen-bond acceptors (Lipinski definition) is 4. The van der Waals surface area contributed by atoms with Crippen molar-refractivity contribution in [1.82, 2.24) is 10.2 Å². The summed E-state index contributed by atoms with van der Waals surface area (Å²) in [4.78, 5) is 37.4. The number of carbonyl (C=O) groups excluding carboxylic acids is 2. The molecule has 0 saturated carbocycles. The van der Waals surface area contributed by atoms with Crippen LogP contribution >= 0.6 is 0 Å². The highest BCUT2D eigenvalue weighted by Gasteiger charge is 2.29. The molecule has 1 aliphatic heterocycles. The summed E-state index contributed by atoms with van der Waals surface area (Å²) in [5.74, 6) is -0.998. The zero-order valence-electron chi connectivity index (χ0n) is 18.0. The van der Waals surface area contributed by atoms with E-state index in [-0.39, 0.29) is 18.4 Å². The van der Waals surface area contributed by atoms with Gasteiger partial charge in [-0.2, -0.15) is 0 Å². The van der Waals surface area contributed by atoms with Crippen molar-refractivity contribution in [3.8, 4) is 11.1 Å². The van der Waals surface area contributed by atoms with Gasteiger partial charge in [-0.25, -0.2) is 9.59 Å². The van der Waals surface area contributed by atoms with Gasteiger partial charge in [-0.1, -0.05) is 48.5 Å². The molecule has 0 spiro atoms. The Morgan fingerprint density at radius 3 is 2.31 bits per heavy atom. The molecule has 1 fully saturated rings. The minimum absolute atomic E-state index is 0.0746. The van der Waals surface area contributed by atoms with Crippen molar-refractivity contribution >= 4 is 18.0 Å². The number of carboxylic acids is 1. The molecule has 2 N–H and O–H groups in total. The SMILES string of the molecule is O=C(N[C@@H](CCCCN1CCCC1=O)C(=O)O)OCC1c2ccccc2-c2ccccc21. The van der Waals surface area contributed by atoms with E-state index in [1.807, 2.05) is 41.3 Å². The van der Waals surface area contributed by atoms with E-state index in [0.717, 1.165) is 35.2 Å². The lowest BCUT2D eigenvalue weighted by Crippen LogP contribution is -2.41. The summed E-state index contributed by atoms with van der Waals surface area (Å²) >= 11 is 0. The molecule has 1 atom stereocenters. The number of carboxylic acid groups (broad SMARTS) is 1. The Morgan fingerprint density at radius 1 is 1.06 bits per heavy atom. The molecule has 0 bridgehead atoms. The van der Waals surface area contributed by atoms with Crippen molar-refractivity contribution < 1.29 is 24.2 Å². The largest absolute Gasteiger partial charge is 0.480 e. The number of amides is 2. The Kier molecular flexibility index (Phi) is 6.73. The average Bonchev–Trinajstić information content (AvgIpc) is 3.35. The molecule has 2 aromatic rings. The average molecular weight is 437 g/mol. The molecule has 1 saturated heterocycles. The Morgan fingerprint density at radius 2 is 1.72 bits per heavy atom. The molecular weight excluding hydrogens is 408 g/mol. The molecule has 7 heteroatoms. The van der Waals surface area contributed by atoms with Crippen LogP contribution in [0.2, 0.25) is 0 Å². The van der Waals surface area contributed by atoms with E-state index >= 15 is 0 Å². The molecule has 1 heterocycles. The lowest BCUT2D eigenvalue weighted by atomic mass is 9.98. The monoisotopic (exact) mass is 436 g/mol. The van der Waals surface area contributed by atoms with Gasteiger partial charge >= 0.3 is 12.1 Å². The second-order valence-electron chi connectivity index (χ2n) is 8.34. The topological polar surface area (TPSA) is 95.9 Å². The number of nitrogens with one attached hydrogen (secondary N) is 1. The summed E-state index contributed by atoms with van der Waals surface area (Å²) in [6.45, 7) is 1.55. The molecule has 2 aliphatic rings. The number of alkyl carbamates (subject to hydrolysis) is 1. The lowest BCUT2D eigenvalue weighted by molar-refractivity contribution is -0.139. The van der Waals surface area contributed by atoms with Gasteiger partial charge in [0.25, 0.3) is 0 Å². The first kappa shape index (κ1) is 21.9. The normalized spacial score (nSPS) is 15.9. The molecule has 2 amide bonds. The Labute approximate surface area is 187 Å². The van der Waals surface area contributed by atoms with Crippen LogP contribution in [0.3, 0.4) is 0 Å². The van der Waals surface area contributed by atoms with E-state index in [1.165, 1.54) is 0 Å². The highest BCUT2D eigenvalue weighted by molar-refractivity contribution is 5.81. The standard InChI is InChI=1S/C25H28N2O5/c28-23-13-7-15-27(23)14-6-5-12-22(24(29)30)26-25(31)32-16-21-19-10-3-1-8-17(19)18-9-2-4-11-20(18)21/h1-4,8-11,21-22H,5-7,12-16H2,(H,26,31)(H,29,30)/t22-/m0/s1. The number of carbonyl (C=O) groups is 3. The van der Waals surface area contributed by atoms with Crippen molar-refractivity contribution in [2.75, 3.05) is 19.7 Å². The molecule has 7 nitrogen and oxygen atoms in total. The number of unbranched alkanes of at least 4 members (excludes halogenated alkanes) is 1.